The van der Waals surface area contributed by atoms with Gasteiger partial charge in [0, 0.05) is 11.6 Å². The van der Waals surface area contributed by atoms with Crippen LogP contribution in [0.2, 0.25) is 5.02 Å². The molecule has 10 heteroatoms. The highest BCUT2D eigenvalue weighted by Gasteiger charge is 2.32. The third kappa shape index (κ3) is 4.26. The Kier molecular flexibility index (Phi) is 5.00. The Bertz CT molecular complexity index is 791. The molecule has 0 saturated carbocycles. The fourth-order valence-corrected chi connectivity index (χ4v) is 4.10. The maximum Gasteiger partial charge on any atom is 0.288 e. The van der Waals surface area contributed by atoms with Crippen LogP contribution in [0.15, 0.2) is 23.3 Å². The summed E-state index contributed by atoms with van der Waals surface area (Å²) in [6, 6.07) is 4.17. The molecule has 0 aromatic heterocycles. The number of halogens is 1. The number of rotatable bonds is 4. The minimum Gasteiger partial charge on any atom is -0.273 e. The van der Waals surface area contributed by atoms with E-state index < -0.39 is 26.6 Å². The molecule has 8 nitrogen and oxygen atoms in total. The number of carbonyl (C=O) groups excluding carboxylic acids is 1. The Morgan fingerprint density at radius 3 is 2.74 bits per heavy atom. The molecule has 124 valence electrons. The second kappa shape index (κ2) is 6.63. The van der Waals surface area contributed by atoms with E-state index in [1.807, 2.05) is 0 Å². The lowest BCUT2D eigenvalue weighted by atomic mass is 10.1. The topological polar surface area (TPSA) is 119 Å². The zero-order valence-electron chi connectivity index (χ0n) is 12.2. The molecule has 1 atom stereocenters. The Labute approximate surface area is 137 Å². The highest BCUT2D eigenvalue weighted by atomic mass is 35.5. The van der Waals surface area contributed by atoms with Crippen molar-refractivity contribution < 1.29 is 18.1 Å². The standard InChI is InChI=1S/C13H14ClN3O5S/c1-8(9-2-3-11(14)12(6-9)17(19)20)15-16-13(18)10-4-5-23(21,22)7-10/h2-3,6,10H,4-5,7H2,1H3,(H,16,18)/b15-8-/t10-/m1/s1. The Hall–Kier alpha value is -2.00. The van der Waals surface area contributed by atoms with Gasteiger partial charge in [0.05, 0.1) is 28.1 Å². The van der Waals surface area contributed by atoms with Gasteiger partial charge in [-0.25, -0.2) is 13.8 Å². The lowest BCUT2D eigenvalue weighted by molar-refractivity contribution is -0.384. The molecule has 1 aliphatic rings. The first kappa shape index (κ1) is 17.4. The molecule has 1 heterocycles. The highest BCUT2D eigenvalue weighted by molar-refractivity contribution is 7.91. The number of nitro groups is 1. The van der Waals surface area contributed by atoms with Gasteiger partial charge in [0.1, 0.15) is 5.02 Å². The summed E-state index contributed by atoms with van der Waals surface area (Å²) in [5.74, 6) is -1.28. The summed E-state index contributed by atoms with van der Waals surface area (Å²) in [5, 5.41) is 14.7. The predicted octanol–water partition coefficient (Wildman–Crippen LogP) is 1.52. The van der Waals surface area contributed by atoms with Gasteiger partial charge >= 0.3 is 0 Å². The molecule has 1 amide bonds. The summed E-state index contributed by atoms with van der Waals surface area (Å²) in [7, 11) is -3.15. The maximum atomic E-state index is 11.9. The van der Waals surface area contributed by atoms with E-state index >= 15 is 0 Å². The molecule has 0 aliphatic carbocycles. The largest absolute Gasteiger partial charge is 0.288 e. The van der Waals surface area contributed by atoms with E-state index in [1.165, 1.54) is 12.1 Å². The van der Waals surface area contributed by atoms with Gasteiger partial charge in [-0.15, -0.1) is 0 Å². The lowest BCUT2D eigenvalue weighted by Gasteiger charge is -2.07. The first-order valence-corrected chi connectivity index (χ1v) is 8.88. The van der Waals surface area contributed by atoms with Gasteiger partial charge in [-0.3, -0.25) is 14.9 Å². The molecule has 23 heavy (non-hydrogen) atoms. The quantitative estimate of drug-likeness (QED) is 0.496. The number of hydrogen-bond acceptors (Lipinski definition) is 6. The van der Waals surface area contributed by atoms with Gasteiger partial charge in [-0.1, -0.05) is 17.7 Å². The Morgan fingerprint density at radius 2 is 2.17 bits per heavy atom. The fourth-order valence-electron chi connectivity index (χ4n) is 2.17. The van der Waals surface area contributed by atoms with Crippen molar-refractivity contribution in [3.8, 4) is 0 Å². The van der Waals surface area contributed by atoms with Crippen molar-refractivity contribution in [2.75, 3.05) is 11.5 Å². The van der Waals surface area contributed by atoms with E-state index in [2.05, 4.69) is 10.5 Å². The minimum absolute atomic E-state index is 0.00282. The number of carbonyl (C=O) groups is 1. The van der Waals surface area contributed by atoms with Gasteiger partial charge in [-0.2, -0.15) is 5.10 Å². The zero-order chi connectivity index (χ0) is 17.2. The lowest BCUT2D eigenvalue weighted by Crippen LogP contribution is -2.28. The maximum absolute atomic E-state index is 11.9. The van der Waals surface area contributed by atoms with Crippen LogP contribution in [0.4, 0.5) is 5.69 Å². The summed E-state index contributed by atoms with van der Waals surface area (Å²) < 4.78 is 22.7. The van der Waals surface area contributed by atoms with E-state index in [9.17, 15) is 23.3 Å². The predicted molar refractivity (Wildman–Crippen MR) is 85.2 cm³/mol. The highest BCUT2D eigenvalue weighted by Crippen LogP contribution is 2.25. The monoisotopic (exact) mass is 359 g/mol. The van der Waals surface area contributed by atoms with Crippen molar-refractivity contribution in [1.82, 2.24) is 5.43 Å². The number of amides is 1. The van der Waals surface area contributed by atoms with Crippen molar-refractivity contribution in [3.63, 3.8) is 0 Å². The molecule has 1 aliphatic heterocycles. The summed E-state index contributed by atoms with van der Waals surface area (Å²) in [5.41, 5.74) is 2.83. The zero-order valence-corrected chi connectivity index (χ0v) is 13.7. The molecule has 0 unspecified atom stereocenters. The first-order valence-electron chi connectivity index (χ1n) is 6.68. The van der Waals surface area contributed by atoms with Crippen molar-refractivity contribution >= 4 is 38.7 Å². The number of nitrogens with one attached hydrogen (secondary N) is 1. The SMILES string of the molecule is C/C(=N/NC(=O)[C@@H]1CCS(=O)(=O)C1)c1ccc(Cl)c([N+](=O)[O-])c1. The van der Waals surface area contributed by atoms with Crippen LogP contribution in [0.1, 0.15) is 18.9 Å². The summed E-state index contributed by atoms with van der Waals surface area (Å²) >= 11 is 5.73. The van der Waals surface area contributed by atoms with Crippen LogP contribution >= 0.6 is 11.6 Å². The fraction of sp³-hybridized carbons (Fsp3) is 0.385. The molecule has 1 saturated heterocycles. The molecule has 1 N–H and O–H groups in total. The molecule has 0 spiro atoms. The van der Waals surface area contributed by atoms with E-state index in [0.717, 1.165) is 0 Å². The Balaban J connectivity index is 2.10. The van der Waals surface area contributed by atoms with Gasteiger partial charge < -0.3 is 0 Å². The number of hydrogen-bond donors (Lipinski definition) is 1. The second-order valence-corrected chi connectivity index (χ2v) is 7.83. The summed E-state index contributed by atoms with van der Waals surface area (Å²) in [4.78, 5) is 22.1. The molecular weight excluding hydrogens is 346 g/mol. The second-order valence-electron chi connectivity index (χ2n) is 5.20. The van der Waals surface area contributed by atoms with Crippen LogP contribution in [0.5, 0.6) is 0 Å². The molecule has 1 aromatic rings. The number of hydrazone groups is 1. The van der Waals surface area contributed by atoms with Crippen LogP contribution in [0.25, 0.3) is 0 Å². The molecule has 0 bridgehead atoms. The van der Waals surface area contributed by atoms with Gasteiger partial charge in [0.25, 0.3) is 5.69 Å². The third-order valence-corrected chi connectivity index (χ3v) is 5.59. The minimum atomic E-state index is -3.15. The molecule has 1 aromatic carbocycles. The van der Waals surface area contributed by atoms with E-state index in [4.69, 9.17) is 11.6 Å². The van der Waals surface area contributed by atoms with Crippen molar-refractivity contribution in [2.45, 2.75) is 13.3 Å². The van der Waals surface area contributed by atoms with Crippen LogP contribution < -0.4 is 5.43 Å². The van der Waals surface area contributed by atoms with Crippen molar-refractivity contribution in [1.29, 1.82) is 0 Å². The average molecular weight is 360 g/mol. The van der Waals surface area contributed by atoms with Gasteiger partial charge in [0.15, 0.2) is 9.84 Å². The summed E-state index contributed by atoms with van der Waals surface area (Å²) in [6.45, 7) is 1.57. The van der Waals surface area contributed by atoms with E-state index in [1.54, 1.807) is 13.0 Å². The third-order valence-electron chi connectivity index (χ3n) is 3.50. The van der Waals surface area contributed by atoms with E-state index in [-0.39, 0.29) is 28.6 Å². The van der Waals surface area contributed by atoms with Crippen LogP contribution in [0, 0.1) is 16.0 Å². The van der Waals surface area contributed by atoms with Crippen molar-refractivity contribution in [2.24, 2.45) is 11.0 Å². The number of sulfone groups is 1. The molecule has 1 fully saturated rings. The molecular formula is C13H14ClN3O5S. The smallest absolute Gasteiger partial charge is 0.273 e. The van der Waals surface area contributed by atoms with Gasteiger partial charge in [0.2, 0.25) is 5.91 Å². The van der Waals surface area contributed by atoms with Crippen molar-refractivity contribution in [3.05, 3.63) is 38.9 Å². The average Bonchev–Trinajstić information content (AvgIpc) is 2.84. The number of nitro benzene ring substituents is 1. The number of benzene rings is 1. The van der Waals surface area contributed by atoms with Crippen LogP contribution in [0.3, 0.4) is 0 Å². The normalized spacial score (nSPS) is 20.3. The van der Waals surface area contributed by atoms with E-state index in [0.29, 0.717) is 11.3 Å². The first-order chi connectivity index (χ1) is 10.7. The van der Waals surface area contributed by atoms with Gasteiger partial charge in [-0.05, 0) is 19.4 Å². The Morgan fingerprint density at radius 1 is 1.48 bits per heavy atom. The van der Waals surface area contributed by atoms with Crippen LogP contribution in [-0.4, -0.2) is 36.5 Å². The van der Waals surface area contributed by atoms with Crippen LogP contribution in [-0.2, 0) is 14.6 Å². The number of nitrogens with zero attached hydrogens (tertiary/aromatic N) is 2. The summed E-state index contributed by atoms with van der Waals surface area (Å²) in [6.07, 6.45) is 0.273. The molecule has 0 radical (unpaired) electrons. The molecule has 2 rings (SSSR count).